The third-order valence-corrected chi connectivity index (χ3v) is 6.85. The van der Waals surface area contributed by atoms with Crippen LogP contribution in [0.2, 0.25) is 0 Å². The molecule has 2 rings (SSSR count). The Hall–Kier alpha value is -2.86. The van der Waals surface area contributed by atoms with Crippen LogP contribution in [0.4, 0.5) is 13.2 Å². The molecule has 204 valence electrons. The van der Waals surface area contributed by atoms with E-state index >= 15 is 0 Å². The summed E-state index contributed by atoms with van der Waals surface area (Å²) in [6.45, 7) is 8.85. The van der Waals surface area contributed by atoms with Gasteiger partial charge in [-0.2, -0.15) is 13.2 Å². The second-order valence-corrected chi connectivity index (χ2v) is 11.0. The smallest absolute Gasteiger partial charge is 0.368 e. The van der Waals surface area contributed by atoms with Gasteiger partial charge in [0.15, 0.2) is 0 Å². The molecule has 2 saturated heterocycles. The van der Waals surface area contributed by atoms with Crippen molar-refractivity contribution in [1.82, 2.24) is 20.9 Å². The first-order valence-corrected chi connectivity index (χ1v) is 12.0. The van der Waals surface area contributed by atoms with E-state index in [1.165, 1.54) is 25.7 Å². The van der Waals surface area contributed by atoms with Crippen LogP contribution in [0.25, 0.3) is 0 Å². The van der Waals surface area contributed by atoms with E-state index in [9.17, 15) is 37.1 Å². The van der Waals surface area contributed by atoms with Crippen molar-refractivity contribution < 1.29 is 37.1 Å². The molecule has 5 N–H and O–H groups in total. The fourth-order valence-electron chi connectivity index (χ4n) is 4.54. The Bertz CT molecular complexity index is 886. The summed E-state index contributed by atoms with van der Waals surface area (Å²) >= 11 is 0. The van der Waals surface area contributed by atoms with Gasteiger partial charge in [-0.15, -0.1) is 0 Å². The maximum atomic E-state index is 13.5. The Morgan fingerprint density at radius 1 is 1.14 bits per heavy atom. The molecule has 10 nitrogen and oxygen atoms in total. The minimum absolute atomic E-state index is 0.00651. The molecule has 0 aromatic heterocycles. The molecule has 0 aliphatic carbocycles. The molecule has 0 aromatic carbocycles. The lowest BCUT2D eigenvalue weighted by Crippen LogP contribution is -2.60. The fraction of sp³-hybridized carbons (Fsp3) is 0.783. The van der Waals surface area contributed by atoms with E-state index < -0.39 is 59.3 Å². The van der Waals surface area contributed by atoms with Crippen molar-refractivity contribution >= 4 is 29.5 Å². The Balaban J connectivity index is 2.29. The zero-order valence-corrected chi connectivity index (χ0v) is 21.2. The molecule has 5 amide bonds. The molecule has 2 unspecified atom stereocenters. The maximum Gasteiger partial charge on any atom is 0.471 e. The summed E-state index contributed by atoms with van der Waals surface area (Å²) < 4.78 is 38.9. The molecule has 2 fully saturated rings. The molecule has 2 heterocycles. The predicted molar refractivity (Wildman–Crippen MR) is 123 cm³/mol. The lowest BCUT2D eigenvalue weighted by molar-refractivity contribution is -0.176. The summed E-state index contributed by atoms with van der Waals surface area (Å²) in [6, 6.07) is -3.80. The van der Waals surface area contributed by atoms with Gasteiger partial charge in [0.05, 0.1) is 0 Å². The van der Waals surface area contributed by atoms with Crippen molar-refractivity contribution in [2.24, 2.45) is 28.9 Å². The Labute approximate surface area is 208 Å². The molecule has 0 spiro atoms. The van der Waals surface area contributed by atoms with Gasteiger partial charge in [0.25, 0.3) is 0 Å². The van der Waals surface area contributed by atoms with Gasteiger partial charge in [-0.05, 0) is 36.5 Å². The van der Waals surface area contributed by atoms with E-state index in [4.69, 9.17) is 5.73 Å². The van der Waals surface area contributed by atoms with Crippen LogP contribution in [-0.4, -0.2) is 71.8 Å². The number of rotatable bonds is 8. The van der Waals surface area contributed by atoms with Crippen LogP contribution < -0.4 is 21.7 Å². The first kappa shape index (κ1) is 29.4. The molecular weight excluding hydrogens is 483 g/mol. The maximum absolute atomic E-state index is 13.5. The summed E-state index contributed by atoms with van der Waals surface area (Å²) in [6.07, 6.45) is -4.50. The van der Waals surface area contributed by atoms with E-state index in [2.05, 4.69) is 10.6 Å². The number of likely N-dealkylation sites (tertiary alicyclic amines) is 1. The zero-order chi connectivity index (χ0) is 27.6. The van der Waals surface area contributed by atoms with Crippen molar-refractivity contribution in [3.05, 3.63) is 0 Å². The number of carbonyl (C=O) groups excluding carboxylic acids is 5. The summed E-state index contributed by atoms with van der Waals surface area (Å²) in [5.74, 6) is -5.46. The highest BCUT2D eigenvalue weighted by Gasteiger charge is 2.48. The lowest BCUT2D eigenvalue weighted by Gasteiger charge is -2.35. The minimum Gasteiger partial charge on any atom is -0.368 e. The molecule has 2 aliphatic heterocycles. The summed E-state index contributed by atoms with van der Waals surface area (Å²) in [7, 11) is 0. The lowest BCUT2D eigenvalue weighted by atomic mass is 9.85. The molecule has 36 heavy (non-hydrogen) atoms. The van der Waals surface area contributed by atoms with E-state index in [-0.39, 0.29) is 37.1 Å². The molecule has 5 atom stereocenters. The molecule has 0 saturated carbocycles. The van der Waals surface area contributed by atoms with Gasteiger partial charge in [-0.1, -0.05) is 34.6 Å². The van der Waals surface area contributed by atoms with Gasteiger partial charge >= 0.3 is 12.1 Å². The van der Waals surface area contributed by atoms with Crippen molar-refractivity contribution in [3.63, 3.8) is 0 Å². The van der Waals surface area contributed by atoms with Crippen molar-refractivity contribution in [1.29, 1.82) is 0 Å². The highest BCUT2D eigenvalue weighted by atomic mass is 19.4. The average molecular weight is 520 g/mol. The molecule has 0 radical (unpaired) electrons. The van der Waals surface area contributed by atoms with Gasteiger partial charge in [0, 0.05) is 19.0 Å². The Morgan fingerprint density at radius 2 is 1.75 bits per heavy atom. The van der Waals surface area contributed by atoms with Crippen LogP contribution in [-0.2, 0) is 24.0 Å². The SMILES string of the molecule is CC(C)[C@H]1C[C@@H](C(=O)NC(C[C@@H]2CCNC2=O)C(N)=O)N(C(=O)C(NC(=O)C(F)(F)F)C(C)(C)C)C1. The van der Waals surface area contributed by atoms with Gasteiger partial charge in [0.2, 0.25) is 23.6 Å². The minimum atomic E-state index is -5.19. The van der Waals surface area contributed by atoms with Gasteiger partial charge in [-0.3, -0.25) is 24.0 Å². The summed E-state index contributed by atoms with van der Waals surface area (Å²) in [5, 5.41) is 6.97. The fourth-order valence-corrected chi connectivity index (χ4v) is 4.54. The van der Waals surface area contributed by atoms with Crippen LogP contribution >= 0.6 is 0 Å². The third-order valence-electron chi connectivity index (χ3n) is 6.85. The Kier molecular flexibility index (Phi) is 9.00. The van der Waals surface area contributed by atoms with Crippen LogP contribution in [0.5, 0.6) is 0 Å². The number of nitrogens with one attached hydrogen (secondary N) is 3. The number of alkyl halides is 3. The van der Waals surface area contributed by atoms with Crippen LogP contribution in [0.3, 0.4) is 0 Å². The average Bonchev–Trinajstić information content (AvgIpc) is 3.36. The molecular formula is C23H36F3N5O5. The largest absolute Gasteiger partial charge is 0.471 e. The van der Waals surface area contributed by atoms with E-state index in [0.29, 0.717) is 13.0 Å². The highest BCUT2D eigenvalue weighted by molar-refractivity contribution is 5.95. The third kappa shape index (κ3) is 7.10. The number of primary amides is 1. The van der Waals surface area contributed by atoms with Gasteiger partial charge in [0.1, 0.15) is 18.1 Å². The molecule has 2 aliphatic rings. The van der Waals surface area contributed by atoms with Gasteiger partial charge < -0.3 is 26.6 Å². The summed E-state index contributed by atoms with van der Waals surface area (Å²) in [5.41, 5.74) is 4.36. The molecule has 13 heteroatoms. The zero-order valence-electron chi connectivity index (χ0n) is 21.2. The number of halogens is 3. The van der Waals surface area contributed by atoms with Crippen LogP contribution in [0.1, 0.15) is 53.9 Å². The normalized spacial score (nSPS) is 24.3. The second kappa shape index (κ2) is 11.0. The second-order valence-electron chi connectivity index (χ2n) is 11.0. The number of hydrogen-bond donors (Lipinski definition) is 4. The Morgan fingerprint density at radius 3 is 2.19 bits per heavy atom. The number of nitrogens with zero attached hydrogens (tertiary/aromatic N) is 1. The predicted octanol–water partition coefficient (Wildman–Crippen LogP) is 0.449. The first-order valence-electron chi connectivity index (χ1n) is 12.0. The standard InChI is InChI=1S/C23H36F3N5O5/c1-11(2)13-9-15(19(34)29-14(17(27)32)8-12-6-7-28-18(12)33)31(10-13)20(35)16(22(3,4)5)30-21(36)23(24,25)26/h11-16H,6-10H2,1-5H3,(H2,27,32)(H,28,33)(H,29,34)(H,30,36)/t12-,13-,14?,15-,16?/m0/s1. The number of nitrogens with two attached hydrogens (primary N) is 1. The van der Waals surface area contributed by atoms with Crippen molar-refractivity contribution in [2.75, 3.05) is 13.1 Å². The first-order chi connectivity index (χ1) is 16.4. The van der Waals surface area contributed by atoms with Crippen molar-refractivity contribution in [3.8, 4) is 0 Å². The molecule has 0 aromatic rings. The number of hydrogen-bond acceptors (Lipinski definition) is 5. The summed E-state index contributed by atoms with van der Waals surface area (Å²) in [4.78, 5) is 63.6. The van der Waals surface area contributed by atoms with E-state index in [1.54, 1.807) is 5.32 Å². The highest BCUT2D eigenvalue weighted by Crippen LogP contribution is 2.32. The number of carbonyl (C=O) groups is 5. The van der Waals surface area contributed by atoms with E-state index in [0.717, 1.165) is 0 Å². The molecule has 0 bridgehead atoms. The van der Waals surface area contributed by atoms with Crippen LogP contribution in [0.15, 0.2) is 0 Å². The van der Waals surface area contributed by atoms with Crippen LogP contribution in [0, 0.1) is 23.2 Å². The van der Waals surface area contributed by atoms with E-state index in [1.807, 2.05) is 13.8 Å². The number of amides is 5. The quantitative estimate of drug-likeness (QED) is 0.367. The monoisotopic (exact) mass is 519 g/mol. The topological polar surface area (TPSA) is 151 Å². The van der Waals surface area contributed by atoms with Crippen molar-refractivity contribution in [2.45, 2.75) is 78.2 Å². The van der Waals surface area contributed by atoms with Gasteiger partial charge in [-0.25, -0.2) is 0 Å².